The van der Waals surface area contributed by atoms with E-state index in [1.54, 1.807) is 23.1 Å². The molecule has 2 aromatic rings. The molecule has 0 fully saturated rings. The van der Waals surface area contributed by atoms with Crippen LogP contribution in [0.5, 0.6) is 0 Å². The molecule has 2 heterocycles. The van der Waals surface area contributed by atoms with E-state index >= 15 is 0 Å². The summed E-state index contributed by atoms with van der Waals surface area (Å²) in [5.74, 6) is 1.23. The predicted molar refractivity (Wildman–Crippen MR) is 119 cm³/mol. The van der Waals surface area contributed by atoms with Crippen LogP contribution in [0.4, 0.5) is 5.69 Å². The largest absolute Gasteiger partial charge is 0.339 e. The third-order valence-corrected chi connectivity index (χ3v) is 7.56. The maximum atomic E-state index is 12.8. The number of carbonyl (C=O) groups is 1. The van der Waals surface area contributed by atoms with Gasteiger partial charge in [0.1, 0.15) is 0 Å². The molecule has 0 aliphatic carbocycles. The number of benzene rings is 1. The summed E-state index contributed by atoms with van der Waals surface area (Å²) in [7, 11) is -3.51. The Morgan fingerprint density at radius 1 is 1.23 bits per heavy atom. The number of anilines is 1. The van der Waals surface area contributed by atoms with Crippen molar-refractivity contribution in [2.45, 2.75) is 70.6 Å². The number of aryl methyl sites for hydroxylation is 1. The third-order valence-electron chi connectivity index (χ3n) is 5.51. The zero-order valence-electron chi connectivity index (χ0n) is 19.0. The van der Waals surface area contributed by atoms with Crippen molar-refractivity contribution in [2.75, 3.05) is 24.5 Å². The van der Waals surface area contributed by atoms with Gasteiger partial charge in [0.25, 0.3) is 0 Å². The maximum Gasteiger partial charge on any atom is 0.243 e. The molecule has 1 aliphatic rings. The van der Waals surface area contributed by atoms with Crippen molar-refractivity contribution < 1.29 is 17.7 Å². The number of hydrogen-bond acceptors (Lipinski definition) is 6. The molecular formula is C22H32N4O4S. The smallest absolute Gasteiger partial charge is 0.243 e. The summed E-state index contributed by atoms with van der Waals surface area (Å²) < 4.78 is 32.3. The summed E-state index contributed by atoms with van der Waals surface area (Å²) in [6, 6.07) is 5.07. The first kappa shape index (κ1) is 23.4. The lowest BCUT2D eigenvalue weighted by molar-refractivity contribution is -0.118. The van der Waals surface area contributed by atoms with E-state index < -0.39 is 10.0 Å². The second-order valence-electron chi connectivity index (χ2n) is 8.79. The SMILES string of the molecule is CCN(CC)S(=O)(=O)c1ccc2c(c1)CCN2C(=O)CCCc1nc(C(C)(C)C)no1. The lowest BCUT2D eigenvalue weighted by atomic mass is 9.96. The highest BCUT2D eigenvalue weighted by Gasteiger charge is 2.28. The highest BCUT2D eigenvalue weighted by molar-refractivity contribution is 7.89. The fourth-order valence-electron chi connectivity index (χ4n) is 3.70. The Labute approximate surface area is 184 Å². The van der Waals surface area contributed by atoms with E-state index in [4.69, 9.17) is 4.52 Å². The standard InChI is InChI=1S/C22H32N4O4S/c1-6-25(7-2)31(28,29)17-11-12-18-16(15-17)13-14-26(18)20(27)10-8-9-19-23-21(24-30-19)22(3,4)5/h11-12,15H,6-10,13-14H2,1-5H3. The van der Waals surface area contributed by atoms with Gasteiger partial charge in [0, 0.05) is 43.6 Å². The first-order valence-electron chi connectivity index (χ1n) is 10.8. The van der Waals surface area contributed by atoms with Crippen LogP contribution in [-0.2, 0) is 33.1 Å². The number of aromatic nitrogens is 2. The lowest BCUT2D eigenvalue weighted by Gasteiger charge is -2.20. The Balaban J connectivity index is 1.63. The van der Waals surface area contributed by atoms with Gasteiger partial charge >= 0.3 is 0 Å². The summed E-state index contributed by atoms with van der Waals surface area (Å²) in [5, 5.41) is 4.01. The van der Waals surface area contributed by atoms with Gasteiger partial charge in [0.2, 0.25) is 21.8 Å². The molecule has 0 radical (unpaired) electrons. The molecule has 1 aromatic carbocycles. The van der Waals surface area contributed by atoms with Crippen LogP contribution in [0.15, 0.2) is 27.6 Å². The van der Waals surface area contributed by atoms with Crippen LogP contribution in [0.2, 0.25) is 0 Å². The Morgan fingerprint density at radius 2 is 1.94 bits per heavy atom. The Bertz CT molecular complexity index is 1040. The molecule has 0 bridgehead atoms. The zero-order valence-corrected chi connectivity index (χ0v) is 19.8. The monoisotopic (exact) mass is 448 g/mol. The van der Waals surface area contributed by atoms with Gasteiger partial charge in [-0.05, 0) is 36.6 Å². The molecule has 0 N–H and O–H groups in total. The fraction of sp³-hybridized carbons (Fsp3) is 0.591. The second-order valence-corrected chi connectivity index (χ2v) is 10.7. The molecule has 0 saturated carbocycles. The quantitative estimate of drug-likeness (QED) is 0.615. The van der Waals surface area contributed by atoms with Crippen LogP contribution < -0.4 is 4.90 Å². The molecule has 9 heteroatoms. The third kappa shape index (κ3) is 4.98. The van der Waals surface area contributed by atoms with Crippen molar-refractivity contribution >= 4 is 21.6 Å². The second kappa shape index (κ2) is 9.08. The van der Waals surface area contributed by atoms with Gasteiger partial charge in [-0.2, -0.15) is 9.29 Å². The summed E-state index contributed by atoms with van der Waals surface area (Å²) in [6.45, 7) is 11.1. The molecule has 8 nitrogen and oxygen atoms in total. The fourth-order valence-corrected chi connectivity index (χ4v) is 5.21. The average molecular weight is 449 g/mol. The molecule has 1 aromatic heterocycles. The molecule has 1 amide bonds. The first-order chi connectivity index (χ1) is 14.6. The van der Waals surface area contributed by atoms with Gasteiger partial charge < -0.3 is 9.42 Å². The van der Waals surface area contributed by atoms with E-state index in [-0.39, 0.29) is 16.2 Å². The Hall–Kier alpha value is -2.26. The normalized spacial score (nSPS) is 14.3. The number of nitrogens with zero attached hydrogens (tertiary/aromatic N) is 4. The molecule has 0 saturated heterocycles. The average Bonchev–Trinajstić information content (AvgIpc) is 3.35. The van der Waals surface area contributed by atoms with Crippen LogP contribution >= 0.6 is 0 Å². The number of rotatable bonds is 8. The molecule has 31 heavy (non-hydrogen) atoms. The highest BCUT2D eigenvalue weighted by Crippen LogP contribution is 2.32. The van der Waals surface area contributed by atoms with Gasteiger partial charge in [-0.25, -0.2) is 8.42 Å². The van der Waals surface area contributed by atoms with Crippen molar-refractivity contribution in [1.82, 2.24) is 14.4 Å². The van der Waals surface area contributed by atoms with Crippen molar-refractivity contribution in [2.24, 2.45) is 0 Å². The number of amides is 1. The zero-order chi connectivity index (χ0) is 22.8. The predicted octanol–water partition coefficient (Wildman–Crippen LogP) is 3.31. The minimum absolute atomic E-state index is 0.0219. The van der Waals surface area contributed by atoms with Gasteiger partial charge in [0.15, 0.2) is 5.82 Å². The van der Waals surface area contributed by atoms with E-state index in [1.165, 1.54) is 4.31 Å². The van der Waals surface area contributed by atoms with Gasteiger partial charge in [0.05, 0.1) is 4.90 Å². The summed E-state index contributed by atoms with van der Waals surface area (Å²) in [5.41, 5.74) is 1.53. The molecule has 0 spiro atoms. The van der Waals surface area contributed by atoms with E-state index in [0.29, 0.717) is 57.0 Å². The van der Waals surface area contributed by atoms with Crippen LogP contribution in [0.3, 0.4) is 0 Å². The van der Waals surface area contributed by atoms with Crippen molar-refractivity contribution in [3.8, 4) is 0 Å². The van der Waals surface area contributed by atoms with Gasteiger partial charge in [-0.1, -0.05) is 39.8 Å². The lowest BCUT2D eigenvalue weighted by Crippen LogP contribution is -2.30. The van der Waals surface area contributed by atoms with Crippen LogP contribution in [0, 0.1) is 0 Å². The maximum absolute atomic E-state index is 12.8. The van der Waals surface area contributed by atoms with E-state index in [1.807, 2.05) is 34.6 Å². The number of fused-ring (bicyclic) bond motifs is 1. The van der Waals surface area contributed by atoms with Crippen LogP contribution in [-0.4, -0.2) is 48.4 Å². The topological polar surface area (TPSA) is 96.6 Å². The van der Waals surface area contributed by atoms with E-state index in [0.717, 1.165) is 11.3 Å². The van der Waals surface area contributed by atoms with Crippen LogP contribution in [0.25, 0.3) is 0 Å². The molecule has 3 rings (SSSR count). The van der Waals surface area contributed by atoms with Gasteiger partial charge in [-0.3, -0.25) is 4.79 Å². The number of hydrogen-bond donors (Lipinski definition) is 0. The molecule has 170 valence electrons. The van der Waals surface area contributed by atoms with Crippen molar-refractivity contribution in [1.29, 1.82) is 0 Å². The minimum Gasteiger partial charge on any atom is -0.339 e. The minimum atomic E-state index is -3.51. The number of sulfonamides is 1. The van der Waals surface area contributed by atoms with Gasteiger partial charge in [-0.15, -0.1) is 0 Å². The molecule has 0 unspecified atom stereocenters. The first-order valence-corrected chi connectivity index (χ1v) is 12.3. The highest BCUT2D eigenvalue weighted by atomic mass is 32.2. The molecule has 1 aliphatic heterocycles. The molecule has 0 atom stereocenters. The summed E-state index contributed by atoms with van der Waals surface area (Å²) in [6.07, 6.45) is 2.19. The number of carbonyl (C=O) groups excluding carboxylic acids is 1. The van der Waals surface area contributed by atoms with E-state index in [2.05, 4.69) is 10.1 Å². The van der Waals surface area contributed by atoms with Crippen LogP contribution in [0.1, 0.15) is 64.7 Å². The van der Waals surface area contributed by atoms with E-state index in [9.17, 15) is 13.2 Å². The Kier molecular flexibility index (Phi) is 6.85. The summed E-state index contributed by atoms with van der Waals surface area (Å²) in [4.78, 5) is 19.2. The molecular weight excluding hydrogens is 416 g/mol. The van der Waals surface area contributed by atoms with Crippen molar-refractivity contribution in [3.05, 3.63) is 35.5 Å². The van der Waals surface area contributed by atoms with Crippen molar-refractivity contribution in [3.63, 3.8) is 0 Å². The Morgan fingerprint density at radius 3 is 2.55 bits per heavy atom. The summed E-state index contributed by atoms with van der Waals surface area (Å²) >= 11 is 0.